The first-order valence-electron chi connectivity index (χ1n) is 3.53. The molecule has 0 radical (unpaired) electrons. The summed E-state index contributed by atoms with van der Waals surface area (Å²) in [5.74, 6) is -0.0533. The van der Waals surface area contributed by atoms with Gasteiger partial charge in [-0.2, -0.15) is 5.26 Å². The first kappa shape index (κ1) is 8.36. The molecule has 0 amide bonds. The van der Waals surface area contributed by atoms with Crippen LogP contribution in [-0.4, -0.2) is 5.11 Å². The summed E-state index contributed by atoms with van der Waals surface area (Å²) in [5, 5.41) is 21.3. The van der Waals surface area contributed by atoms with E-state index in [1.807, 2.05) is 17.5 Å². The zero-order chi connectivity index (χ0) is 9.42. The molecule has 1 heterocycles. The standard InChI is InChI=1S/C9H4ClNOS/c10-7-3-8(12)6(4-11)9-5(7)1-2-13-9/h1-3,12H. The molecule has 2 aromatic rings. The molecule has 0 aliphatic carbocycles. The lowest BCUT2D eigenvalue weighted by atomic mass is 10.1. The van der Waals surface area contributed by atoms with Gasteiger partial charge in [0.15, 0.2) is 0 Å². The number of hydrogen-bond donors (Lipinski definition) is 1. The van der Waals surface area contributed by atoms with E-state index in [2.05, 4.69) is 0 Å². The average Bonchev–Trinajstić information content (AvgIpc) is 2.53. The van der Waals surface area contributed by atoms with E-state index in [4.69, 9.17) is 16.9 Å². The SMILES string of the molecule is N#Cc1c(O)cc(Cl)c2ccsc12. The van der Waals surface area contributed by atoms with Crippen molar-refractivity contribution in [2.24, 2.45) is 0 Å². The van der Waals surface area contributed by atoms with Gasteiger partial charge < -0.3 is 5.11 Å². The number of nitrogens with zero attached hydrogens (tertiary/aromatic N) is 1. The van der Waals surface area contributed by atoms with Crippen LogP contribution in [0.5, 0.6) is 5.75 Å². The van der Waals surface area contributed by atoms with Gasteiger partial charge in [0.1, 0.15) is 17.4 Å². The van der Waals surface area contributed by atoms with Crippen molar-refractivity contribution in [2.75, 3.05) is 0 Å². The fraction of sp³-hybridized carbons (Fsp3) is 0. The highest BCUT2D eigenvalue weighted by Gasteiger charge is 2.10. The van der Waals surface area contributed by atoms with Gasteiger partial charge in [-0.3, -0.25) is 0 Å². The van der Waals surface area contributed by atoms with Gasteiger partial charge in [0.05, 0.1) is 9.72 Å². The molecule has 0 aliphatic heterocycles. The van der Waals surface area contributed by atoms with Crippen molar-refractivity contribution in [1.82, 2.24) is 0 Å². The van der Waals surface area contributed by atoms with Crippen molar-refractivity contribution >= 4 is 33.0 Å². The molecule has 1 aromatic heterocycles. The zero-order valence-electron chi connectivity index (χ0n) is 6.41. The van der Waals surface area contributed by atoms with Gasteiger partial charge in [0, 0.05) is 11.5 Å². The van der Waals surface area contributed by atoms with Gasteiger partial charge in [0.25, 0.3) is 0 Å². The summed E-state index contributed by atoms with van der Waals surface area (Å²) in [4.78, 5) is 0. The number of rotatable bonds is 0. The number of fused-ring (bicyclic) bond motifs is 1. The highest BCUT2D eigenvalue weighted by molar-refractivity contribution is 7.17. The third-order valence-electron chi connectivity index (χ3n) is 1.78. The summed E-state index contributed by atoms with van der Waals surface area (Å²) in [6.45, 7) is 0. The molecule has 64 valence electrons. The topological polar surface area (TPSA) is 44.0 Å². The third kappa shape index (κ3) is 1.15. The Morgan fingerprint density at radius 2 is 2.31 bits per heavy atom. The molecule has 2 nitrogen and oxygen atoms in total. The number of nitriles is 1. The van der Waals surface area contributed by atoms with E-state index in [-0.39, 0.29) is 5.75 Å². The molecular weight excluding hydrogens is 206 g/mol. The van der Waals surface area contributed by atoms with Crippen LogP contribution >= 0.6 is 22.9 Å². The van der Waals surface area contributed by atoms with E-state index >= 15 is 0 Å². The molecule has 4 heteroatoms. The molecule has 0 spiro atoms. The molecule has 2 rings (SSSR count). The zero-order valence-corrected chi connectivity index (χ0v) is 7.99. The van der Waals surface area contributed by atoms with Crippen molar-refractivity contribution in [2.45, 2.75) is 0 Å². The quantitative estimate of drug-likeness (QED) is 0.725. The van der Waals surface area contributed by atoms with E-state index in [0.717, 1.165) is 10.1 Å². The van der Waals surface area contributed by atoms with Crippen LogP contribution in [0.1, 0.15) is 5.56 Å². The maximum absolute atomic E-state index is 9.41. The highest BCUT2D eigenvalue weighted by Crippen LogP contribution is 2.35. The molecule has 0 saturated carbocycles. The maximum atomic E-state index is 9.41. The van der Waals surface area contributed by atoms with Crippen LogP contribution in [0.15, 0.2) is 17.5 Å². The fourth-order valence-corrected chi connectivity index (χ4v) is 2.42. The number of hydrogen-bond acceptors (Lipinski definition) is 3. The minimum absolute atomic E-state index is 0.0533. The molecule has 1 N–H and O–H groups in total. The van der Waals surface area contributed by atoms with Gasteiger partial charge >= 0.3 is 0 Å². The molecule has 0 unspecified atom stereocenters. The number of aromatic hydroxyl groups is 1. The van der Waals surface area contributed by atoms with Crippen molar-refractivity contribution in [3.05, 3.63) is 28.1 Å². The average molecular weight is 210 g/mol. The number of benzene rings is 1. The van der Waals surface area contributed by atoms with Crippen molar-refractivity contribution in [1.29, 1.82) is 5.26 Å². The Kier molecular flexibility index (Phi) is 1.87. The van der Waals surface area contributed by atoms with Gasteiger partial charge in [-0.25, -0.2) is 0 Å². The number of thiophene rings is 1. The van der Waals surface area contributed by atoms with Crippen molar-refractivity contribution < 1.29 is 5.11 Å². The lowest BCUT2D eigenvalue weighted by Crippen LogP contribution is -1.77. The fourth-order valence-electron chi connectivity index (χ4n) is 1.19. The second kappa shape index (κ2) is 2.91. The predicted octanol–water partition coefficient (Wildman–Crippen LogP) is 3.13. The Balaban J connectivity index is 2.99. The first-order valence-corrected chi connectivity index (χ1v) is 4.78. The molecule has 13 heavy (non-hydrogen) atoms. The number of halogens is 1. The monoisotopic (exact) mass is 209 g/mol. The Hall–Kier alpha value is -1.24. The molecule has 0 saturated heterocycles. The maximum Gasteiger partial charge on any atom is 0.136 e. The lowest BCUT2D eigenvalue weighted by molar-refractivity contribution is 0.474. The van der Waals surface area contributed by atoms with Gasteiger partial charge in [0.2, 0.25) is 0 Å². The Morgan fingerprint density at radius 1 is 1.54 bits per heavy atom. The second-order valence-corrected chi connectivity index (χ2v) is 3.85. The summed E-state index contributed by atoms with van der Waals surface area (Å²) in [6, 6.07) is 5.19. The molecule has 0 aliphatic rings. The van der Waals surface area contributed by atoms with Crippen LogP contribution in [0.3, 0.4) is 0 Å². The highest BCUT2D eigenvalue weighted by atomic mass is 35.5. The van der Waals surface area contributed by atoms with Crippen LogP contribution in [-0.2, 0) is 0 Å². The largest absolute Gasteiger partial charge is 0.506 e. The van der Waals surface area contributed by atoms with Crippen molar-refractivity contribution in [3.8, 4) is 11.8 Å². The van der Waals surface area contributed by atoms with Crippen LogP contribution < -0.4 is 0 Å². The summed E-state index contributed by atoms with van der Waals surface area (Å²) < 4.78 is 0.743. The van der Waals surface area contributed by atoms with Crippen LogP contribution in [0.4, 0.5) is 0 Å². The molecule has 0 atom stereocenters. The molecule has 0 bridgehead atoms. The first-order chi connectivity index (χ1) is 6.24. The summed E-state index contributed by atoms with van der Waals surface area (Å²) >= 11 is 7.27. The molecule has 1 aromatic carbocycles. The normalized spacial score (nSPS) is 10.2. The van der Waals surface area contributed by atoms with Gasteiger partial charge in [-0.15, -0.1) is 11.3 Å². The van der Waals surface area contributed by atoms with E-state index in [1.165, 1.54) is 17.4 Å². The van der Waals surface area contributed by atoms with E-state index in [0.29, 0.717) is 10.6 Å². The third-order valence-corrected chi connectivity index (χ3v) is 3.03. The summed E-state index contributed by atoms with van der Waals surface area (Å²) in [5.41, 5.74) is 0.300. The van der Waals surface area contributed by atoms with Crippen LogP contribution in [0, 0.1) is 11.3 Å². The van der Waals surface area contributed by atoms with E-state index in [9.17, 15) is 5.11 Å². The summed E-state index contributed by atoms with van der Waals surface area (Å²) in [7, 11) is 0. The predicted molar refractivity (Wildman–Crippen MR) is 53.2 cm³/mol. The number of phenolic OH excluding ortho intramolecular Hbond substituents is 1. The van der Waals surface area contributed by atoms with Crippen LogP contribution in [0.2, 0.25) is 5.02 Å². The van der Waals surface area contributed by atoms with Crippen LogP contribution in [0.25, 0.3) is 10.1 Å². The van der Waals surface area contributed by atoms with E-state index in [1.54, 1.807) is 0 Å². The second-order valence-electron chi connectivity index (χ2n) is 2.53. The Bertz CT molecular complexity index is 512. The Labute approximate surface area is 83.6 Å². The summed E-state index contributed by atoms with van der Waals surface area (Å²) in [6.07, 6.45) is 0. The molecule has 0 fully saturated rings. The number of phenols is 1. The van der Waals surface area contributed by atoms with E-state index < -0.39 is 0 Å². The van der Waals surface area contributed by atoms with Gasteiger partial charge in [-0.05, 0) is 11.4 Å². The van der Waals surface area contributed by atoms with Gasteiger partial charge in [-0.1, -0.05) is 11.6 Å². The minimum Gasteiger partial charge on any atom is -0.506 e. The smallest absolute Gasteiger partial charge is 0.136 e. The van der Waals surface area contributed by atoms with Crippen molar-refractivity contribution in [3.63, 3.8) is 0 Å². The Morgan fingerprint density at radius 3 is 3.00 bits per heavy atom. The molecular formula is C9H4ClNOS. The lowest BCUT2D eigenvalue weighted by Gasteiger charge is -1.99. The minimum atomic E-state index is -0.0533.